The number of nitrogens with one attached hydrogen (secondary N) is 4. The molecule has 33 heteroatoms. The summed E-state index contributed by atoms with van der Waals surface area (Å²) in [6.45, 7) is 0.780. The van der Waals surface area contributed by atoms with Crippen LogP contribution in [0.1, 0.15) is 22.5 Å². The van der Waals surface area contributed by atoms with E-state index in [-0.39, 0.29) is 36.7 Å². The fourth-order valence-corrected chi connectivity index (χ4v) is 8.95. The number of nitrogens with zero attached hydrogens (tertiary/aromatic N) is 4. The predicted octanol–water partition coefficient (Wildman–Crippen LogP) is 9.78. The molecule has 8 aromatic rings. The molecule has 6 aromatic carbocycles. The molecule has 0 aliphatic heterocycles. The first-order chi connectivity index (χ1) is 40.0. The zero-order valence-electron chi connectivity index (χ0n) is 43.5. The van der Waals surface area contributed by atoms with Crippen LogP contribution in [-0.4, -0.2) is 79.4 Å². The largest absolute Gasteiger partial charge is 0.487 e. The predicted molar refractivity (Wildman–Crippen MR) is 319 cm³/mol. The molecular weight excluding hydrogens is 1260 g/mol. The first kappa shape index (κ1) is 65.8. The SMILES string of the molecule is Nc1nc(N)c(-c2ccc(Cl)c(Cl)c2)c(COc2ccc(CCNC(=O)Nc3ccc(S(=O)(=O)F)cc3)cc2)n1.Nc1nc(N)c(-c2ccc(Cl)c(Cl)c2)c(COc2ccc(CCNC(=O)Nc3ccc(S(=O)(=O)F)cc3)cc2)n1.O=S(=O)(O)O. The molecule has 0 aliphatic carbocycles. The molecule has 0 saturated carbocycles. The van der Waals surface area contributed by atoms with Gasteiger partial charge in [0.1, 0.15) is 36.3 Å². The molecule has 0 saturated heterocycles. The van der Waals surface area contributed by atoms with E-state index in [4.69, 9.17) is 96.3 Å². The Kier molecular flexibility index (Phi) is 22.8. The monoisotopic (exact) mass is 1310 g/mol. The molecule has 0 unspecified atom stereocenters. The van der Waals surface area contributed by atoms with Gasteiger partial charge in [0.2, 0.25) is 11.9 Å². The van der Waals surface area contributed by atoms with E-state index >= 15 is 0 Å². The van der Waals surface area contributed by atoms with Crippen LogP contribution in [0.2, 0.25) is 20.1 Å². The van der Waals surface area contributed by atoms with E-state index in [1.165, 1.54) is 24.3 Å². The lowest BCUT2D eigenvalue weighted by Crippen LogP contribution is -2.30. The standard InChI is InChI=1S/2C26H23Cl2FN6O4S.H2O4S/c2*27-20-10-3-16(13-21(20)28)23-22(34-25(31)35-24(23)30)14-39-18-6-1-15(2-7-18)11-12-32-26(36)33-17-4-8-19(9-5-17)40(29,37)38;1-5(2,3)4/h2*1-10,13H,11-12,14H2,(H2,32,33,36)(H4,30,31,34,35);(H2,1,2,3,4). The summed E-state index contributed by atoms with van der Waals surface area (Å²) in [6, 6.07) is 33.1. The van der Waals surface area contributed by atoms with Crippen molar-refractivity contribution < 1.29 is 61.2 Å². The fraction of sp³-hybridized carbons (Fsp3) is 0.115. The van der Waals surface area contributed by atoms with Gasteiger partial charge in [0, 0.05) is 35.6 Å². The van der Waals surface area contributed by atoms with Crippen LogP contribution in [0.4, 0.5) is 52.3 Å². The van der Waals surface area contributed by atoms with Crippen molar-refractivity contribution in [2.24, 2.45) is 0 Å². The number of benzene rings is 6. The highest BCUT2D eigenvalue weighted by Gasteiger charge is 2.19. The third-order valence-electron chi connectivity index (χ3n) is 11.3. The van der Waals surface area contributed by atoms with E-state index in [1.54, 1.807) is 60.7 Å². The number of amides is 4. The van der Waals surface area contributed by atoms with Gasteiger partial charge >= 0.3 is 42.9 Å². The van der Waals surface area contributed by atoms with Gasteiger partial charge in [-0.2, -0.15) is 35.2 Å². The number of carbonyl (C=O) groups excluding carboxylic acids is 2. The van der Waals surface area contributed by atoms with Crippen molar-refractivity contribution in [2.45, 2.75) is 35.8 Å². The van der Waals surface area contributed by atoms with E-state index in [9.17, 15) is 34.2 Å². The second kappa shape index (κ2) is 29.4. The maximum Gasteiger partial charge on any atom is 0.394 e. The summed E-state index contributed by atoms with van der Waals surface area (Å²) in [4.78, 5) is 39.9. The first-order valence-electron chi connectivity index (χ1n) is 24.1. The van der Waals surface area contributed by atoms with Crippen molar-refractivity contribution in [1.82, 2.24) is 30.6 Å². The van der Waals surface area contributed by atoms with Crippen LogP contribution in [0, 0.1) is 0 Å². The quantitative estimate of drug-likeness (QED) is 0.0282. The number of anilines is 6. The molecule has 2 aromatic heterocycles. The average Bonchev–Trinajstić information content (AvgIpc) is 3.27. The molecule has 0 atom stereocenters. The summed E-state index contributed by atoms with van der Waals surface area (Å²) in [5, 5.41) is 12.0. The van der Waals surface area contributed by atoms with Crippen LogP contribution in [0.5, 0.6) is 11.5 Å². The minimum atomic E-state index is -4.80. The summed E-state index contributed by atoms with van der Waals surface area (Å²) in [5.74, 6) is 1.53. The van der Waals surface area contributed by atoms with Crippen molar-refractivity contribution >= 4 is 124 Å². The van der Waals surface area contributed by atoms with E-state index < -0.39 is 52.7 Å². The number of urea groups is 2. The smallest absolute Gasteiger partial charge is 0.394 e. The van der Waals surface area contributed by atoms with Crippen molar-refractivity contribution in [3.05, 3.63) is 176 Å². The highest BCUT2D eigenvalue weighted by Crippen LogP contribution is 2.35. The maximum absolute atomic E-state index is 13.0. The Labute approximate surface area is 505 Å². The Morgan fingerprint density at radius 3 is 1.12 bits per heavy atom. The van der Waals surface area contributed by atoms with Gasteiger partial charge in [-0.3, -0.25) is 9.11 Å². The summed E-state index contributed by atoms with van der Waals surface area (Å²) in [6.07, 6.45) is 1.07. The van der Waals surface area contributed by atoms with Crippen molar-refractivity contribution in [3.63, 3.8) is 0 Å². The molecule has 0 radical (unpaired) electrons. The molecule has 0 bridgehead atoms. The number of nitrogens with two attached hydrogens (primary N) is 4. The molecule has 85 heavy (non-hydrogen) atoms. The molecule has 4 amide bonds. The zero-order valence-corrected chi connectivity index (χ0v) is 49.0. The topological polar surface area (TPSA) is 399 Å². The number of aromatic nitrogens is 4. The lowest BCUT2D eigenvalue weighted by Gasteiger charge is -2.14. The maximum atomic E-state index is 13.0. The van der Waals surface area contributed by atoms with Gasteiger partial charge in [-0.05, 0) is 132 Å². The van der Waals surface area contributed by atoms with E-state index in [0.717, 1.165) is 35.4 Å². The van der Waals surface area contributed by atoms with Crippen LogP contribution >= 0.6 is 46.4 Å². The highest BCUT2D eigenvalue weighted by atomic mass is 35.5. The fourth-order valence-electron chi connectivity index (χ4n) is 7.43. The van der Waals surface area contributed by atoms with Crippen LogP contribution in [0.25, 0.3) is 22.3 Å². The zero-order chi connectivity index (χ0) is 62.2. The average molecular weight is 1310 g/mol. The second-order valence-electron chi connectivity index (χ2n) is 17.3. The highest BCUT2D eigenvalue weighted by molar-refractivity contribution is 7.86. The summed E-state index contributed by atoms with van der Waals surface area (Å²) in [5.41, 5.74) is 29.8. The number of ether oxygens (including phenoxy) is 2. The molecule has 0 fully saturated rings. The van der Waals surface area contributed by atoms with Crippen LogP contribution in [0.15, 0.2) is 143 Å². The van der Waals surface area contributed by atoms with Gasteiger partial charge in [-0.1, -0.05) is 82.8 Å². The van der Waals surface area contributed by atoms with Gasteiger partial charge in [-0.15, -0.1) is 7.77 Å². The van der Waals surface area contributed by atoms with Crippen molar-refractivity contribution in [3.8, 4) is 33.8 Å². The Morgan fingerprint density at radius 1 is 0.482 bits per heavy atom. The van der Waals surface area contributed by atoms with Crippen LogP contribution in [0.3, 0.4) is 0 Å². The number of nitrogen functional groups attached to an aromatic ring is 4. The summed E-state index contributed by atoms with van der Waals surface area (Å²) < 4.78 is 113. The van der Waals surface area contributed by atoms with Gasteiger partial charge in [0.25, 0.3) is 0 Å². The van der Waals surface area contributed by atoms with Gasteiger partial charge in [0.05, 0.1) is 41.3 Å². The molecule has 24 nitrogen and oxygen atoms in total. The minimum Gasteiger partial charge on any atom is -0.487 e. The third-order valence-corrected chi connectivity index (χ3v) is 14.4. The van der Waals surface area contributed by atoms with E-state index in [2.05, 4.69) is 41.2 Å². The number of rotatable bonds is 18. The molecule has 14 N–H and O–H groups in total. The van der Waals surface area contributed by atoms with E-state index in [0.29, 0.717) is 103 Å². The number of hydrogen-bond donors (Lipinski definition) is 10. The van der Waals surface area contributed by atoms with Crippen LogP contribution < -0.4 is 53.7 Å². The Morgan fingerprint density at radius 2 is 0.812 bits per heavy atom. The van der Waals surface area contributed by atoms with Crippen LogP contribution in [-0.2, 0) is 56.9 Å². The lowest BCUT2D eigenvalue weighted by molar-refractivity contribution is 0.251. The summed E-state index contributed by atoms with van der Waals surface area (Å²) in [7, 11) is -14.3. The Hall–Kier alpha value is -8.39. The normalized spacial score (nSPS) is 11.2. The number of carbonyl (C=O) groups is 2. The van der Waals surface area contributed by atoms with Gasteiger partial charge in [-0.25, -0.2) is 19.6 Å². The lowest BCUT2D eigenvalue weighted by atomic mass is 10.0. The minimum absolute atomic E-state index is 0.0107. The number of halogens is 6. The molecule has 0 aliphatic rings. The molecule has 2 heterocycles. The second-order valence-corrected chi connectivity index (χ2v) is 22.6. The van der Waals surface area contributed by atoms with Gasteiger partial charge in [0.15, 0.2) is 0 Å². The van der Waals surface area contributed by atoms with Crippen molar-refractivity contribution in [1.29, 1.82) is 0 Å². The van der Waals surface area contributed by atoms with E-state index in [1.807, 2.05) is 24.3 Å². The molecule has 8 rings (SSSR count). The Balaban J connectivity index is 0.000000252. The third kappa shape index (κ3) is 21.0. The molecule has 0 spiro atoms. The Bertz CT molecular complexity index is 3790. The number of hydrogen-bond acceptors (Lipinski definition) is 18. The molecular formula is C52H48Cl4F2N12O12S3. The molecule has 448 valence electrons. The van der Waals surface area contributed by atoms with Gasteiger partial charge < -0.3 is 53.7 Å². The summed E-state index contributed by atoms with van der Waals surface area (Å²) >= 11 is 24.4. The van der Waals surface area contributed by atoms with Crippen molar-refractivity contribution in [2.75, 3.05) is 46.7 Å². The first-order valence-corrected chi connectivity index (χ1v) is 29.7.